The number of hydrogen-bond donors (Lipinski definition) is 2. The van der Waals surface area contributed by atoms with Gasteiger partial charge < -0.3 is 19.9 Å². The van der Waals surface area contributed by atoms with Crippen LogP contribution in [0.3, 0.4) is 0 Å². The van der Waals surface area contributed by atoms with Crippen molar-refractivity contribution in [1.29, 1.82) is 0 Å². The maximum Gasteiger partial charge on any atom is 0.408 e. The van der Waals surface area contributed by atoms with E-state index in [4.69, 9.17) is 21.1 Å². The van der Waals surface area contributed by atoms with Crippen LogP contribution in [-0.4, -0.2) is 45.5 Å². The average molecular weight is 462 g/mol. The van der Waals surface area contributed by atoms with Gasteiger partial charge in [0.2, 0.25) is 5.88 Å². The average Bonchev–Trinajstić information content (AvgIpc) is 2.75. The molecule has 0 spiro atoms. The van der Waals surface area contributed by atoms with Crippen molar-refractivity contribution in [2.75, 3.05) is 7.11 Å². The zero-order valence-corrected chi connectivity index (χ0v) is 20.0. The first-order valence-corrected chi connectivity index (χ1v) is 11.6. The van der Waals surface area contributed by atoms with Crippen LogP contribution in [0.25, 0.3) is 11.0 Å². The molecule has 3 aliphatic carbocycles. The quantitative estimate of drug-likeness (QED) is 0.663. The number of rotatable bonds is 5. The van der Waals surface area contributed by atoms with Gasteiger partial charge in [-0.15, -0.1) is 0 Å². The van der Waals surface area contributed by atoms with Crippen molar-refractivity contribution in [2.24, 2.45) is 5.41 Å². The second kappa shape index (κ2) is 8.34. The van der Waals surface area contributed by atoms with Gasteiger partial charge in [0.25, 0.3) is 0 Å². The Morgan fingerprint density at radius 3 is 2.47 bits per heavy atom. The second-order valence-corrected chi connectivity index (χ2v) is 10.7. The lowest BCUT2D eigenvalue weighted by Crippen LogP contribution is -2.59. The largest absolute Gasteiger partial charge is 0.481 e. The Labute approximate surface area is 193 Å². The predicted molar refractivity (Wildman–Crippen MR) is 123 cm³/mol. The van der Waals surface area contributed by atoms with Crippen LogP contribution in [0.5, 0.6) is 5.88 Å². The van der Waals surface area contributed by atoms with E-state index >= 15 is 0 Å². The smallest absolute Gasteiger partial charge is 0.408 e. The molecule has 2 N–H and O–H groups in total. The van der Waals surface area contributed by atoms with Gasteiger partial charge in [-0.1, -0.05) is 11.6 Å². The molecule has 5 rings (SSSR count). The van der Waals surface area contributed by atoms with Gasteiger partial charge in [-0.2, -0.15) is 0 Å². The van der Waals surface area contributed by atoms with Crippen molar-refractivity contribution in [3.63, 3.8) is 0 Å². The number of nitrogens with zero attached hydrogens (tertiary/aromatic N) is 2. The summed E-state index contributed by atoms with van der Waals surface area (Å²) in [7, 11) is 1.57. The van der Waals surface area contributed by atoms with E-state index in [0.29, 0.717) is 22.8 Å². The minimum atomic E-state index is -0.557. The maximum atomic E-state index is 12.4. The van der Waals surface area contributed by atoms with E-state index in [9.17, 15) is 9.90 Å². The van der Waals surface area contributed by atoms with Crippen LogP contribution in [0, 0.1) is 5.41 Å². The van der Waals surface area contributed by atoms with Gasteiger partial charge in [0.1, 0.15) is 5.60 Å². The highest BCUT2D eigenvalue weighted by Gasteiger charge is 2.52. The lowest BCUT2D eigenvalue weighted by molar-refractivity contribution is -0.0701. The van der Waals surface area contributed by atoms with Gasteiger partial charge in [-0.25, -0.2) is 9.78 Å². The van der Waals surface area contributed by atoms with Crippen LogP contribution >= 0.6 is 11.6 Å². The van der Waals surface area contributed by atoms with E-state index < -0.39 is 11.7 Å². The summed E-state index contributed by atoms with van der Waals surface area (Å²) in [6.45, 7) is 5.60. The van der Waals surface area contributed by atoms with Crippen molar-refractivity contribution in [3.8, 4) is 5.88 Å². The molecule has 32 heavy (non-hydrogen) atoms. The van der Waals surface area contributed by atoms with Crippen LogP contribution in [0.2, 0.25) is 5.02 Å². The Hall–Kier alpha value is -2.12. The molecule has 8 heteroatoms. The fraction of sp³-hybridized carbons (Fsp3) is 0.625. The number of carbonyl (C=O) groups is 1. The van der Waals surface area contributed by atoms with Crippen molar-refractivity contribution in [3.05, 3.63) is 28.9 Å². The molecule has 1 amide bonds. The molecule has 0 radical (unpaired) electrons. The van der Waals surface area contributed by atoms with Gasteiger partial charge >= 0.3 is 6.09 Å². The molecule has 2 bridgehead atoms. The van der Waals surface area contributed by atoms with Gasteiger partial charge in [-0.05, 0) is 70.8 Å². The van der Waals surface area contributed by atoms with E-state index in [2.05, 4.69) is 15.3 Å². The standard InChI is InChI=1S/C24H32ClN3O4/c1-22(2,3)32-21(30)28-24-10-7-23(8-11-24,9-12-24)18(29)13-15-16(25)14-26-17-5-6-19(31-4)27-20(15)17/h5-6,14,18,29H,7-13H2,1-4H3,(H,28,30). The van der Waals surface area contributed by atoms with Gasteiger partial charge in [0.05, 0.1) is 29.3 Å². The number of aromatic nitrogens is 2. The first kappa shape index (κ1) is 23.1. The van der Waals surface area contributed by atoms with Gasteiger partial charge in [0, 0.05) is 29.8 Å². The molecule has 0 saturated heterocycles. The molecule has 2 heterocycles. The maximum absolute atomic E-state index is 12.4. The number of carbonyl (C=O) groups excluding carboxylic acids is 1. The summed E-state index contributed by atoms with van der Waals surface area (Å²) in [5.74, 6) is 0.490. The van der Waals surface area contributed by atoms with Crippen molar-refractivity contribution >= 4 is 28.7 Å². The number of methoxy groups -OCH3 is 1. The number of pyridine rings is 2. The van der Waals surface area contributed by atoms with Crippen molar-refractivity contribution in [2.45, 2.75) is 83.0 Å². The number of fused-ring (bicyclic) bond motifs is 4. The number of halogens is 1. The zero-order chi connectivity index (χ0) is 23.1. The minimum Gasteiger partial charge on any atom is -0.481 e. The molecule has 2 aromatic rings. The van der Waals surface area contributed by atoms with E-state index in [0.717, 1.165) is 49.6 Å². The fourth-order valence-electron chi connectivity index (χ4n) is 5.22. The molecule has 7 nitrogen and oxygen atoms in total. The summed E-state index contributed by atoms with van der Waals surface area (Å²) < 4.78 is 10.7. The van der Waals surface area contributed by atoms with Crippen molar-refractivity contribution < 1.29 is 19.4 Å². The summed E-state index contributed by atoms with van der Waals surface area (Å²) >= 11 is 6.50. The van der Waals surface area contributed by atoms with Crippen LogP contribution in [0.15, 0.2) is 18.3 Å². The second-order valence-electron chi connectivity index (χ2n) is 10.3. The third-order valence-corrected chi connectivity index (χ3v) is 7.45. The van der Waals surface area contributed by atoms with Crippen LogP contribution in [0.4, 0.5) is 4.79 Å². The highest BCUT2D eigenvalue weighted by molar-refractivity contribution is 6.32. The summed E-state index contributed by atoms with van der Waals surface area (Å²) in [6, 6.07) is 3.62. The third kappa shape index (κ3) is 4.50. The molecule has 0 aromatic carbocycles. The number of aliphatic hydroxyl groups is 1. The van der Waals surface area contributed by atoms with E-state index in [1.54, 1.807) is 19.4 Å². The number of hydrogen-bond acceptors (Lipinski definition) is 6. The summed E-state index contributed by atoms with van der Waals surface area (Å²) in [5.41, 5.74) is 1.25. The minimum absolute atomic E-state index is 0.185. The first-order valence-electron chi connectivity index (χ1n) is 11.2. The molecular weight excluding hydrogens is 430 g/mol. The molecule has 1 unspecified atom stereocenters. The molecule has 174 valence electrons. The zero-order valence-electron chi connectivity index (χ0n) is 19.2. The van der Waals surface area contributed by atoms with E-state index in [1.165, 1.54) is 0 Å². The number of aliphatic hydroxyl groups excluding tert-OH is 1. The first-order chi connectivity index (χ1) is 15.0. The molecule has 0 aliphatic heterocycles. The molecular formula is C24H32ClN3O4. The molecule has 1 atom stereocenters. The number of amides is 1. The summed E-state index contributed by atoms with van der Waals surface area (Å²) in [4.78, 5) is 21.3. The fourth-order valence-corrected chi connectivity index (χ4v) is 5.43. The topological polar surface area (TPSA) is 93.6 Å². The lowest BCUT2D eigenvalue weighted by Gasteiger charge is -2.55. The third-order valence-electron chi connectivity index (χ3n) is 7.12. The normalized spacial score (nSPS) is 26.1. The summed E-state index contributed by atoms with van der Waals surface area (Å²) in [6.07, 6.45) is 6.16. The molecule has 3 saturated carbocycles. The van der Waals surface area contributed by atoms with Gasteiger partial charge in [-0.3, -0.25) is 4.98 Å². The van der Waals surface area contributed by atoms with Crippen molar-refractivity contribution in [1.82, 2.24) is 15.3 Å². The number of alkyl carbamates (subject to hydrolysis) is 1. The Morgan fingerprint density at radius 1 is 1.22 bits per heavy atom. The highest BCUT2D eigenvalue weighted by atomic mass is 35.5. The molecule has 3 aliphatic rings. The highest BCUT2D eigenvalue weighted by Crippen LogP contribution is 2.54. The Bertz CT molecular complexity index is 996. The number of ether oxygens (including phenoxy) is 2. The molecule has 3 fully saturated rings. The molecule has 2 aromatic heterocycles. The Balaban J connectivity index is 1.49. The Morgan fingerprint density at radius 2 is 1.88 bits per heavy atom. The van der Waals surface area contributed by atoms with Crippen LogP contribution < -0.4 is 10.1 Å². The van der Waals surface area contributed by atoms with Crippen LogP contribution in [0.1, 0.15) is 64.9 Å². The van der Waals surface area contributed by atoms with Gasteiger partial charge in [0.15, 0.2) is 0 Å². The van der Waals surface area contributed by atoms with Crippen LogP contribution in [-0.2, 0) is 11.2 Å². The van der Waals surface area contributed by atoms with E-state index in [-0.39, 0.29) is 17.0 Å². The van der Waals surface area contributed by atoms with E-state index in [1.807, 2.05) is 26.8 Å². The SMILES string of the molecule is COc1ccc2ncc(Cl)c(CC(O)C34CCC(NC(=O)OC(C)(C)C)(CC3)CC4)c2n1. The summed E-state index contributed by atoms with van der Waals surface area (Å²) in [5, 5.41) is 15.0. The Kier molecular flexibility index (Phi) is 6.01. The predicted octanol–water partition coefficient (Wildman–Crippen LogP) is 4.81. The monoisotopic (exact) mass is 461 g/mol. The lowest BCUT2D eigenvalue weighted by atomic mass is 9.54. The number of nitrogens with one attached hydrogen (secondary N) is 1.